The zero-order valence-corrected chi connectivity index (χ0v) is 15.5. The maximum absolute atomic E-state index is 11.7. The van der Waals surface area contributed by atoms with Gasteiger partial charge in [0.05, 0.1) is 9.35 Å². The lowest BCUT2D eigenvalue weighted by atomic mass is 10.2. The fraction of sp³-hybridized carbons (Fsp3) is 0.143. The van der Waals surface area contributed by atoms with Crippen molar-refractivity contribution in [2.75, 3.05) is 6.61 Å². The smallest absolute Gasteiger partial charge is 0.279 e. The Hall–Kier alpha value is -1.38. The van der Waals surface area contributed by atoms with E-state index in [1.807, 2.05) is 19.1 Å². The lowest BCUT2D eigenvalue weighted by Crippen LogP contribution is -2.43. The fourth-order valence-electron chi connectivity index (χ4n) is 1.64. The Morgan fingerprint density at radius 3 is 2.68 bits per heavy atom. The third-order valence-electron chi connectivity index (χ3n) is 2.60. The Kier molecular flexibility index (Phi) is 5.98. The summed E-state index contributed by atoms with van der Waals surface area (Å²) >= 11 is 8.05. The summed E-state index contributed by atoms with van der Waals surface area (Å²) in [5.41, 5.74) is 5.53. The predicted octanol–water partition coefficient (Wildman–Crippen LogP) is 3.42. The maximum atomic E-state index is 11.7. The van der Waals surface area contributed by atoms with Gasteiger partial charge >= 0.3 is 0 Å². The number of ether oxygens (including phenoxy) is 1. The van der Waals surface area contributed by atoms with Crippen LogP contribution in [0, 0.1) is 6.92 Å². The van der Waals surface area contributed by atoms with Crippen molar-refractivity contribution in [2.24, 2.45) is 0 Å². The molecule has 2 amide bonds. The maximum Gasteiger partial charge on any atom is 0.279 e. The molecule has 0 bridgehead atoms. The highest BCUT2D eigenvalue weighted by Crippen LogP contribution is 2.32. The summed E-state index contributed by atoms with van der Waals surface area (Å²) in [5.74, 6) is -0.216. The minimum Gasteiger partial charge on any atom is -0.482 e. The Labute approximate surface area is 148 Å². The van der Waals surface area contributed by atoms with E-state index in [1.165, 1.54) is 11.3 Å². The Morgan fingerprint density at radius 2 is 2.05 bits per heavy atom. The van der Waals surface area contributed by atoms with Crippen LogP contribution in [0.4, 0.5) is 0 Å². The molecule has 0 aliphatic rings. The number of hydrogen-bond donors (Lipinski definition) is 2. The Balaban J connectivity index is 1.85. The molecule has 1 aromatic carbocycles. The summed E-state index contributed by atoms with van der Waals surface area (Å²) in [6, 6.07) is 7.15. The van der Waals surface area contributed by atoms with Crippen LogP contribution in [0.25, 0.3) is 0 Å². The molecule has 2 N–H and O–H groups in total. The molecule has 5 nitrogen and oxygen atoms in total. The van der Waals surface area contributed by atoms with E-state index in [0.717, 1.165) is 14.5 Å². The SMILES string of the molecule is Cc1cc(Br)cc(Br)c1OCC(=O)NNC(=O)c1cccs1. The highest BCUT2D eigenvalue weighted by atomic mass is 79.9. The van der Waals surface area contributed by atoms with Crippen molar-refractivity contribution in [3.05, 3.63) is 49.0 Å². The van der Waals surface area contributed by atoms with Crippen LogP contribution < -0.4 is 15.6 Å². The van der Waals surface area contributed by atoms with Crippen LogP contribution in [0.2, 0.25) is 0 Å². The first-order chi connectivity index (χ1) is 10.5. The first-order valence-corrected chi connectivity index (χ1v) is 8.65. The zero-order valence-electron chi connectivity index (χ0n) is 11.5. The van der Waals surface area contributed by atoms with Crippen LogP contribution in [-0.4, -0.2) is 18.4 Å². The van der Waals surface area contributed by atoms with Gasteiger partial charge in [-0.15, -0.1) is 11.3 Å². The molecule has 0 aliphatic heterocycles. The van der Waals surface area contributed by atoms with Crippen molar-refractivity contribution in [3.8, 4) is 5.75 Å². The van der Waals surface area contributed by atoms with Gasteiger partial charge in [0.2, 0.25) is 0 Å². The van der Waals surface area contributed by atoms with Gasteiger partial charge in [-0.25, -0.2) is 0 Å². The zero-order chi connectivity index (χ0) is 16.1. The molecule has 0 spiro atoms. The molecular weight excluding hydrogens is 436 g/mol. The molecule has 0 radical (unpaired) electrons. The summed E-state index contributed by atoms with van der Waals surface area (Å²) < 4.78 is 7.14. The predicted molar refractivity (Wildman–Crippen MR) is 92.0 cm³/mol. The molecule has 0 fully saturated rings. The third kappa shape index (κ3) is 4.56. The van der Waals surface area contributed by atoms with E-state index in [9.17, 15) is 9.59 Å². The Morgan fingerprint density at radius 1 is 1.27 bits per heavy atom. The highest BCUT2D eigenvalue weighted by Gasteiger charge is 2.11. The first-order valence-electron chi connectivity index (χ1n) is 6.18. The number of carbonyl (C=O) groups is 2. The van der Waals surface area contributed by atoms with Gasteiger partial charge in [0.15, 0.2) is 6.61 Å². The van der Waals surface area contributed by atoms with Gasteiger partial charge in [0.25, 0.3) is 11.8 Å². The van der Waals surface area contributed by atoms with E-state index in [0.29, 0.717) is 10.6 Å². The quantitative estimate of drug-likeness (QED) is 0.705. The number of benzene rings is 1. The molecule has 0 atom stereocenters. The average Bonchev–Trinajstić information content (AvgIpc) is 2.97. The minimum atomic E-state index is -0.445. The summed E-state index contributed by atoms with van der Waals surface area (Å²) in [5, 5.41) is 1.79. The van der Waals surface area contributed by atoms with Gasteiger partial charge in [-0.1, -0.05) is 22.0 Å². The molecule has 8 heteroatoms. The van der Waals surface area contributed by atoms with E-state index >= 15 is 0 Å². The Bertz CT molecular complexity index is 666. The number of carbonyl (C=O) groups excluding carboxylic acids is 2. The van der Waals surface area contributed by atoms with Gasteiger partial charge < -0.3 is 4.74 Å². The molecule has 0 unspecified atom stereocenters. The largest absolute Gasteiger partial charge is 0.482 e. The van der Waals surface area contributed by atoms with Crippen molar-refractivity contribution in [2.45, 2.75) is 6.92 Å². The van der Waals surface area contributed by atoms with Gasteiger partial charge in [-0.05, 0) is 52.0 Å². The van der Waals surface area contributed by atoms with Crippen LogP contribution in [0.1, 0.15) is 15.2 Å². The number of aryl methyl sites for hydroxylation is 1. The van der Waals surface area contributed by atoms with Crippen molar-refractivity contribution in [3.63, 3.8) is 0 Å². The van der Waals surface area contributed by atoms with Crippen molar-refractivity contribution in [1.82, 2.24) is 10.9 Å². The second kappa shape index (κ2) is 7.75. The van der Waals surface area contributed by atoms with E-state index in [-0.39, 0.29) is 12.5 Å². The second-order valence-electron chi connectivity index (χ2n) is 4.30. The number of thiophene rings is 1. The van der Waals surface area contributed by atoms with E-state index < -0.39 is 5.91 Å². The van der Waals surface area contributed by atoms with E-state index in [4.69, 9.17) is 4.74 Å². The molecule has 116 valence electrons. The molecule has 0 saturated carbocycles. The summed E-state index contributed by atoms with van der Waals surface area (Å²) in [4.78, 5) is 23.9. The normalized spacial score (nSPS) is 10.1. The summed E-state index contributed by atoms with van der Waals surface area (Å²) in [6.45, 7) is 1.67. The molecule has 22 heavy (non-hydrogen) atoms. The lowest BCUT2D eigenvalue weighted by Gasteiger charge is -2.12. The molecule has 0 saturated heterocycles. The van der Waals surface area contributed by atoms with E-state index in [1.54, 1.807) is 17.5 Å². The molecule has 2 rings (SSSR count). The van der Waals surface area contributed by atoms with Gasteiger partial charge in [-0.2, -0.15) is 0 Å². The molecule has 1 heterocycles. The molecule has 1 aromatic heterocycles. The number of nitrogens with one attached hydrogen (secondary N) is 2. The van der Waals surface area contributed by atoms with Gasteiger partial charge in [0, 0.05) is 4.47 Å². The van der Waals surface area contributed by atoms with Crippen LogP contribution in [0.5, 0.6) is 5.75 Å². The highest BCUT2D eigenvalue weighted by molar-refractivity contribution is 9.11. The lowest BCUT2D eigenvalue weighted by molar-refractivity contribution is -0.123. The molecule has 0 aliphatic carbocycles. The summed E-state index contributed by atoms with van der Waals surface area (Å²) in [6.07, 6.45) is 0. The molecule has 2 aromatic rings. The standard InChI is InChI=1S/C14H12Br2N2O3S/c1-8-5-9(15)6-10(16)13(8)21-7-12(19)17-18-14(20)11-3-2-4-22-11/h2-6H,7H2,1H3,(H,17,19)(H,18,20). The number of halogens is 2. The van der Waals surface area contributed by atoms with Gasteiger partial charge in [-0.3, -0.25) is 20.4 Å². The number of amides is 2. The summed E-state index contributed by atoms with van der Waals surface area (Å²) in [7, 11) is 0. The van der Waals surface area contributed by atoms with Crippen molar-refractivity contribution in [1.29, 1.82) is 0 Å². The topological polar surface area (TPSA) is 67.4 Å². The number of hydrazine groups is 1. The van der Waals surface area contributed by atoms with Crippen molar-refractivity contribution >= 4 is 55.0 Å². The van der Waals surface area contributed by atoms with Crippen LogP contribution in [0.15, 0.2) is 38.6 Å². The average molecular weight is 448 g/mol. The second-order valence-corrected chi connectivity index (χ2v) is 7.02. The van der Waals surface area contributed by atoms with Crippen LogP contribution >= 0.6 is 43.2 Å². The molecular formula is C14H12Br2N2O3S. The van der Waals surface area contributed by atoms with E-state index in [2.05, 4.69) is 42.7 Å². The first kappa shape index (κ1) is 17.0. The third-order valence-corrected chi connectivity index (χ3v) is 4.52. The number of hydrogen-bond acceptors (Lipinski definition) is 4. The monoisotopic (exact) mass is 446 g/mol. The van der Waals surface area contributed by atoms with Gasteiger partial charge in [0.1, 0.15) is 5.75 Å². The minimum absolute atomic E-state index is 0.203. The van der Waals surface area contributed by atoms with Crippen LogP contribution in [-0.2, 0) is 4.79 Å². The van der Waals surface area contributed by atoms with Crippen LogP contribution in [0.3, 0.4) is 0 Å². The fourth-order valence-corrected chi connectivity index (χ4v) is 3.81. The number of rotatable bonds is 4. The van der Waals surface area contributed by atoms with Crippen molar-refractivity contribution < 1.29 is 14.3 Å².